The van der Waals surface area contributed by atoms with Crippen LogP contribution in [0.25, 0.3) is 16.6 Å². The van der Waals surface area contributed by atoms with E-state index in [9.17, 15) is 22.8 Å². The molecule has 0 radical (unpaired) electrons. The number of nitrogens with zero attached hydrogens (tertiary/aromatic N) is 2. The molecule has 0 aliphatic rings. The van der Waals surface area contributed by atoms with Crippen molar-refractivity contribution in [1.29, 1.82) is 0 Å². The monoisotopic (exact) mass is 447 g/mol. The highest BCUT2D eigenvalue weighted by molar-refractivity contribution is 5.94. The van der Waals surface area contributed by atoms with Crippen LogP contribution in [0.4, 0.5) is 13.2 Å². The average molecular weight is 447 g/mol. The smallest absolute Gasteiger partial charge is 0.341 e. The van der Waals surface area contributed by atoms with Crippen molar-refractivity contribution in [3.63, 3.8) is 0 Å². The van der Waals surface area contributed by atoms with E-state index >= 15 is 0 Å². The molecule has 0 saturated heterocycles. The van der Waals surface area contributed by atoms with Gasteiger partial charge < -0.3 is 5.32 Å². The highest BCUT2D eigenvalue weighted by Gasteiger charge is 2.30. The fourth-order valence-electron chi connectivity index (χ4n) is 3.17. The van der Waals surface area contributed by atoms with E-state index in [1.807, 2.05) is 0 Å². The number of benzene rings is 3. The third-order valence-electron chi connectivity index (χ3n) is 4.83. The molecule has 5 nitrogen and oxygen atoms in total. The van der Waals surface area contributed by atoms with Crippen LogP contribution >= 0.6 is 0 Å². The van der Waals surface area contributed by atoms with Gasteiger partial charge in [0.1, 0.15) is 6.33 Å². The largest absolute Gasteiger partial charge is 0.416 e. The second-order valence-corrected chi connectivity index (χ2v) is 7.05. The number of alkyl halides is 3. The number of fused-ring (bicyclic) bond motifs is 1. The van der Waals surface area contributed by atoms with Crippen molar-refractivity contribution in [2.24, 2.45) is 0 Å². The molecule has 0 aliphatic heterocycles. The molecular formula is C25H16F3N3O2. The molecule has 0 unspecified atom stereocenters. The van der Waals surface area contributed by atoms with Gasteiger partial charge in [0.15, 0.2) is 0 Å². The van der Waals surface area contributed by atoms with E-state index in [4.69, 9.17) is 0 Å². The Kier molecular flexibility index (Phi) is 5.96. The first-order valence-electron chi connectivity index (χ1n) is 9.84. The summed E-state index contributed by atoms with van der Waals surface area (Å²) in [5.41, 5.74) is 0.709. The number of halogens is 3. The molecule has 4 rings (SSSR count). The number of amides is 1. The summed E-state index contributed by atoms with van der Waals surface area (Å²) in [5, 5.41) is 3.08. The summed E-state index contributed by atoms with van der Waals surface area (Å²) in [6.45, 7) is -0.0368. The van der Waals surface area contributed by atoms with Gasteiger partial charge in [0.25, 0.3) is 11.5 Å². The average Bonchev–Trinajstić information content (AvgIpc) is 2.82. The molecule has 164 valence electrons. The summed E-state index contributed by atoms with van der Waals surface area (Å²) in [6, 6.07) is 18.1. The van der Waals surface area contributed by atoms with Crippen LogP contribution in [0, 0.1) is 11.8 Å². The molecule has 0 saturated carbocycles. The van der Waals surface area contributed by atoms with Gasteiger partial charge in [0.05, 0.1) is 28.7 Å². The van der Waals surface area contributed by atoms with Crippen molar-refractivity contribution in [2.45, 2.75) is 6.18 Å². The van der Waals surface area contributed by atoms with Crippen molar-refractivity contribution in [1.82, 2.24) is 14.9 Å². The molecule has 0 bridgehead atoms. The SMILES string of the molecule is O=C(NCC#Cc1cccc(C(F)(F)F)c1)c1ccc(-n2cnc3ccccc3c2=O)cc1. The van der Waals surface area contributed by atoms with Gasteiger partial charge in [-0.3, -0.25) is 14.2 Å². The van der Waals surface area contributed by atoms with Crippen molar-refractivity contribution in [3.05, 3.63) is 106 Å². The Bertz CT molecular complexity index is 1450. The summed E-state index contributed by atoms with van der Waals surface area (Å²) >= 11 is 0. The van der Waals surface area contributed by atoms with E-state index in [-0.39, 0.29) is 17.7 Å². The zero-order valence-electron chi connectivity index (χ0n) is 17.1. The van der Waals surface area contributed by atoms with Crippen LogP contribution in [0.1, 0.15) is 21.5 Å². The Hall–Kier alpha value is -4.38. The zero-order valence-corrected chi connectivity index (χ0v) is 17.1. The number of aromatic nitrogens is 2. The summed E-state index contributed by atoms with van der Waals surface area (Å²) in [5.74, 6) is 4.85. The molecular weight excluding hydrogens is 431 g/mol. The van der Waals surface area contributed by atoms with E-state index in [2.05, 4.69) is 22.1 Å². The lowest BCUT2D eigenvalue weighted by Gasteiger charge is -2.08. The van der Waals surface area contributed by atoms with Crippen LogP contribution in [-0.4, -0.2) is 22.0 Å². The maximum atomic E-state index is 12.8. The van der Waals surface area contributed by atoms with Gasteiger partial charge in [0, 0.05) is 11.1 Å². The molecule has 0 atom stereocenters. The fraction of sp³-hybridized carbons (Fsp3) is 0.0800. The number of carbonyl (C=O) groups excluding carboxylic acids is 1. The minimum absolute atomic E-state index is 0.0368. The molecule has 3 aromatic carbocycles. The summed E-state index contributed by atoms with van der Waals surface area (Å²) < 4.78 is 39.6. The van der Waals surface area contributed by atoms with Crippen molar-refractivity contribution in [3.8, 4) is 17.5 Å². The molecule has 0 aliphatic carbocycles. The first-order valence-corrected chi connectivity index (χ1v) is 9.84. The quantitative estimate of drug-likeness (QED) is 0.479. The van der Waals surface area contributed by atoms with E-state index in [0.29, 0.717) is 22.2 Å². The van der Waals surface area contributed by atoms with Crippen LogP contribution in [0.3, 0.4) is 0 Å². The van der Waals surface area contributed by atoms with Crippen LogP contribution < -0.4 is 10.9 Å². The van der Waals surface area contributed by atoms with Crippen LogP contribution in [0.15, 0.2) is 83.9 Å². The predicted molar refractivity (Wildman–Crippen MR) is 118 cm³/mol. The second kappa shape index (κ2) is 9.01. The number of hydrogen-bond donors (Lipinski definition) is 1. The Morgan fingerprint density at radius 3 is 2.52 bits per heavy atom. The molecule has 1 amide bonds. The van der Waals surface area contributed by atoms with Crippen LogP contribution in [0.5, 0.6) is 0 Å². The normalized spacial score (nSPS) is 11.0. The second-order valence-electron chi connectivity index (χ2n) is 7.05. The number of carbonyl (C=O) groups is 1. The van der Waals surface area contributed by atoms with Gasteiger partial charge in [0.2, 0.25) is 0 Å². The number of para-hydroxylation sites is 1. The van der Waals surface area contributed by atoms with Crippen molar-refractivity contribution < 1.29 is 18.0 Å². The molecule has 0 fully saturated rings. The van der Waals surface area contributed by atoms with Gasteiger partial charge in [-0.05, 0) is 54.6 Å². The lowest BCUT2D eigenvalue weighted by molar-refractivity contribution is -0.137. The lowest BCUT2D eigenvalue weighted by atomic mass is 10.1. The van der Waals surface area contributed by atoms with E-state index in [0.717, 1.165) is 12.1 Å². The molecule has 4 aromatic rings. The van der Waals surface area contributed by atoms with Gasteiger partial charge >= 0.3 is 6.18 Å². The number of nitrogens with one attached hydrogen (secondary N) is 1. The Morgan fingerprint density at radius 2 is 1.76 bits per heavy atom. The minimum Gasteiger partial charge on any atom is -0.341 e. The van der Waals surface area contributed by atoms with E-state index in [1.165, 1.54) is 23.0 Å². The van der Waals surface area contributed by atoms with Crippen molar-refractivity contribution >= 4 is 16.8 Å². The van der Waals surface area contributed by atoms with Crippen LogP contribution in [-0.2, 0) is 6.18 Å². The first-order chi connectivity index (χ1) is 15.8. The third-order valence-corrected chi connectivity index (χ3v) is 4.83. The molecule has 1 heterocycles. The van der Waals surface area contributed by atoms with Crippen LogP contribution in [0.2, 0.25) is 0 Å². The standard InChI is InChI=1S/C25H16F3N3O2/c26-25(27,28)19-7-3-5-17(15-19)6-4-14-29-23(32)18-10-12-20(13-11-18)31-16-30-22-9-2-1-8-21(22)24(31)33/h1-3,5,7-13,15-16H,14H2,(H,29,32). The Morgan fingerprint density at radius 1 is 1.00 bits per heavy atom. The topological polar surface area (TPSA) is 64.0 Å². The van der Waals surface area contributed by atoms with Gasteiger partial charge in [-0.25, -0.2) is 4.98 Å². The molecule has 0 spiro atoms. The van der Waals surface area contributed by atoms with E-state index < -0.39 is 17.6 Å². The van der Waals surface area contributed by atoms with E-state index in [1.54, 1.807) is 48.5 Å². The lowest BCUT2D eigenvalue weighted by Crippen LogP contribution is -2.24. The molecule has 33 heavy (non-hydrogen) atoms. The summed E-state index contributed by atoms with van der Waals surface area (Å²) in [7, 11) is 0. The van der Waals surface area contributed by atoms with Crippen molar-refractivity contribution in [2.75, 3.05) is 6.54 Å². The minimum atomic E-state index is -4.44. The summed E-state index contributed by atoms with van der Waals surface area (Å²) in [4.78, 5) is 29.3. The van der Waals surface area contributed by atoms with Gasteiger partial charge in [-0.15, -0.1) is 0 Å². The maximum Gasteiger partial charge on any atom is 0.416 e. The zero-order chi connectivity index (χ0) is 23.4. The highest BCUT2D eigenvalue weighted by atomic mass is 19.4. The summed E-state index contributed by atoms with van der Waals surface area (Å²) in [6.07, 6.45) is -3.00. The van der Waals surface area contributed by atoms with Gasteiger partial charge in [-0.2, -0.15) is 13.2 Å². The predicted octanol–water partition coefficient (Wildman–Crippen LogP) is 4.19. The molecule has 1 aromatic heterocycles. The Balaban J connectivity index is 1.43. The first kappa shape index (κ1) is 21.8. The number of rotatable bonds is 3. The molecule has 8 heteroatoms. The molecule has 1 N–H and O–H groups in total. The Labute approximate surface area is 186 Å². The third kappa shape index (κ3) is 4.93. The maximum absolute atomic E-state index is 12.8. The highest BCUT2D eigenvalue weighted by Crippen LogP contribution is 2.29. The fourth-order valence-corrected chi connectivity index (χ4v) is 3.17. The van der Waals surface area contributed by atoms with Gasteiger partial charge in [-0.1, -0.05) is 30.0 Å². The number of hydrogen-bond acceptors (Lipinski definition) is 3.